The predicted octanol–water partition coefficient (Wildman–Crippen LogP) is 5.38. The summed E-state index contributed by atoms with van der Waals surface area (Å²) in [6.45, 7) is 14.0. The van der Waals surface area contributed by atoms with Gasteiger partial charge in [0.25, 0.3) is 0 Å². The van der Waals surface area contributed by atoms with Crippen molar-refractivity contribution >= 4 is 5.78 Å². The lowest BCUT2D eigenvalue weighted by Gasteiger charge is -2.23. The quantitative estimate of drug-likeness (QED) is 0.628. The van der Waals surface area contributed by atoms with E-state index in [4.69, 9.17) is 0 Å². The molecule has 0 fully saturated rings. The van der Waals surface area contributed by atoms with E-state index in [0.717, 1.165) is 12.0 Å². The highest BCUT2D eigenvalue weighted by Crippen LogP contribution is 2.31. The van der Waals surface area contributed by atoms with E-state index in [1.807, 2.05) is 52.8 Å². The number of benzene rings is 1. The molecular formula is C18H28O. The van der Waals surface area contributed by atoms with Crippen LogP contribution in [0.25, 0.3) is 0 Å². The van der Waals surface area contributed by atoms with Crippen LogP contribution in [0.2, 0.25) is 0 Å². The number of Topliss-reactive ketones (excluding diaryl/α,β-unsaturated/α-hetero) is 1. The van der Waals surface area contributed by atoms with Crippen molar-refractivity contribution in [3.05, 3.63) is 48.0 Å². The fourth-order valence-corrected chi connectivity index (χ4v) is 2.21. The van der Waals surface area contributed by atoms with Crippen molar-refractivity contribution < 1.29 is 4.79 Å². The molecule has 1 heteroatoms. The van der Waals surface area contributed by atoms with Crippen molar-refractivity contribution in [3.63, 3.8) is 0 Å². The minimum atomic E-state index is 0.0686. The highest BCUT2D eigenvalue weighted by molar-refractivity contribution is 5.81. The lowest BCUT2D eigenvalue weighted by molar-refractivity contribution is -0.122. The second-order valence-electron chi connectivity index (χ2n) is 4.79. The summed E-state index contributed by atoms with van der Waals surface area (Å²) in [5, 5.41) is 0. The Bertz CT molecular complexity index is 378. The van der Waals surface area contributed by atoms with E-state index in [1.165, 1.54) is 5.56 Å². The first kappa shape index (κ1) is 17.6. The number of hydrogen-bond acceptors (Lipinski definition) is 1. The molecule has 1 rings (SSSR count). The topological polar surface area (TPSA) is 17.1 Å². The molecule has 0 aromatic heterocycles. The van der Waals surface area contributed by atoms with Gasteiger partial charge in [0.1, 0.15) is 5.78 Å². The molecule has 19 heavy (non-hydrogen) atoms. The maximum Gasteiger partial charge on any atom is 0.136 e. The summed E-state index contributed by atoms with van der Waals surface area (Å²) in [7, 11) is 0. The molecule has 1 unspecified atom stereocenters. The number of ketones is 1. The molecule has 0 N–H and O–H groups in total. The lowest BCUT2D eigenvalue weighted by atomic mass is 9.80. The number of carbonyl (C=O) groups excluding carboxylic acids is 1. The summed E-state index contributed by atoms with van der Waals surface area (Å²) in [6.07, 6.45) is 1.50. The predicted molar refractivity (Wildman–Crippen MR) is 84.4 cm³/mol. The minimum absolute atomic E-state index is 0.0686. The molecular weight excluding hydrogens is 232 g/mol. The largest absolute Gasteiger partial charge is 0.299 e. The third kappa shape index (κ3) is 5.87. The molecule has 0 saturated carbocycles. The number of rotatable bonds is 6. The Labute approximate surface area is 118 Å². The number of allylic oxidation sites excluding steroid dienone is 1. The third-order valence-corrected chi connectivity index (χ3v) is 3.26. The summed E-state index contributed by atoms with van der Waals surface area (Å²) in [5.74, 6) is 0.667. The van der Waals surface area contributed by atoms with Gasteiger partial charge in [-0.2, -0.15) is 0 Å². The molecule has 0 heterocycles. The maximum atomic E-state index is 11.9. The summed E-state index contributed by atoms with van der Waals surface area (Å²) in [4.78, 5) is 11.9. The fraction of sp³-hybridized carbons (Fsp3) is 0.500. The normalized spacial score (nSPS) is 12.9. The molecule has 0 saturated heterocycles. The Morgan fingerprint density at radius 3 is 2.16 bits per heavy atom. The van der Waals surface area contributed by atoms with Crippen LogP contribution in [0.15, 0.2) is 42.5 Å². The van der Waals surface area contributed by atoms with Gasteiger partial charge >= 0.3 is 0 Å². The molecule has 0 radical (unpaired) electrons. The average Bonchev–Trinajstić information content (AvgIpc) is 2.46. The maximum absolute atomic E-state index is 11.9. The number of carbonyl (C=O) groups is 1. The molecule has 0 aliphatic heterocycles. The fourth-order valence-electron chi connectivity index (χ4n) is 2.21. The zero-order valence-electron chi connectivity index (χ0n) is 13.1. The van der Waals surface area contributed by atoms with Gasteiger partial charge in [-0.3, -0.25) is 4.79 Å². The first-order chi connectivity index (χ1) is 9.06. The van der Waals surface area contributed by atoms with E-state index in [1.54, 1.807) is 0 Å². The Kier molecular flexibility index (Phi) is 8.86. The molecule has 0 aliphatic rings. The van der Waals surface area contributed by atoms with Crippen LogP contribution in [-0.2, 0) is 4.79 Å². The van der Waals surface area contributed by atoms with Gasteiger partial charge in [-0.05, 0) is 24.8 Å². The van der Waals surface area contributed by atoms with Crippen LogP contribution in [0.1, 0.15) is 58.9 Å². The molecule has 1 aromatic rings. The smallest absolute Gasteiger partial charge is 0.136 e. The van der Waals surface area contributed by atoms with Gasteiger partial charge in [0.2, 0.25) is 0 Å². The van der Waals surface area contributed by atoms with Crippen LogP contribution in [0.5, 0.6) is 0 Å². The van der Waals surface area contributed by atoms with Gasteiger partial charge in [-0.15, -0.1) is 6.58 Å². The molecule has 0 spiro atoms. The Balaban J connectivity index is 0.00000154. The van der Waals surface area contributed by atoms with Gasteiger partial charge in [-0.1, -0.05) is 63.6 Å². The van der Waals surface area contributed by atoms with Crippen LogP contribution in [0.3, 0.4) is 0 Å². The van der Waals surface area contributed by atoms with Crippen molar-refractivity contribution in [1.29, 1.82) is 0 Å². The summed E-state index contributed by atoms with van der Waals surface area (Å²) < 4.78 is 0. The van der Waals surface area contributed by atoms with Gasteiger partial charge in [0.05, 0.1) is 0 Å². The molecule has 2 atom stereocenters. The third-order valence-electron chi connectivity index (χ3n) is 3.26. The van der Waals surface area contributed by atoms with Crippen molar-refractivity contribution in [1.82, 2.24) is 0 Å². The van der Waals surface area contributed by atoms with Crippen LogP contribution in [-0.4, -0.2) is 5.78 Å². The molecule has 106 valence electrons. The van der Waals surface area contributed by atoms with Crippen LogP contribution in [0.4, 0.5) is 0 Å². The van der Waals surface area contributed by atoms with Crippen LogP contribution >= 0.6 is 0 Å². The Morgan fingerprint density at radius 1 is 1.21 bits per heavy atom. The van der Waals surface area contributed by atoms with Gasteiger partial charge < -0.3 is 0 Å². The van der Waals surface area contributed by atoms with E-state index in [-0.39, 0.29) is 11.8 Å². The monoisotopic (exact) mass is 260 g/mol. The second kappa shape index (κ2) is 9.55. The first-order valence-corrected chi connectivity index (χ1v) is 7.28. The van der Waals surface area contributed by atoms with E-state index in [2.05, 4.69) is 18.7 Å². The van der Waals surface area contributed by atoms with Gasteiger partial charge in [0, 0.05) is 12.3 Å². The average molecular weight is 260 g/mol. The van der Waals surface area contributed by atoms with Crippen molar-refractivity contribution in [2.24, 2.45) is 5.92 Å². The molecule has 1 aromatic carbocycles. The van der Waals surface area contributed by atoms with Crippen LogP contribution in [0, 0.1) is 5.92 Å². The Morgan fingerprint density at radius 2 is 1.74 bits per heavy atom. The number of hydrogen-bond donors (Lipinski definition) is 0. The Hall–Kier alpha value is -1.37. The van der Waals surface area contributed by atoms with Crippen molar-refractivity contribution in [3.8, 4) is 0 Å². The summed E-state index contributed by atoms with van der Waals surface area (Å²) in [6, 6.07) is 10.3. The molecule has 0 aliphatic carbocycles. The van der Waals surface area contributed by atoms with Crippen molar-refractivity contribution in [2.75, 3.05) is 0 Å². The molecule has 0 bridgehead atoms. The standard InChI is InChI=1S/C16H22O.C2H6/c1-5-16(17)13(4)15(11-12(2)3)14-9-7-6-8-10-14;1-2/h6-10,13,15H,2,5,11H2,1,3-4H3;1-2H3/t13?,15-;/m0./s1. The zero-order valence-corrected chi connectivity index (χ0v) is 13.1. The first-order valence-electron chi connectivity index (χ1n) is 7.28. The lowest BCUT2D eigenvalue weighted by Crippen LogP contribution is -2.19. The van der Waals surface area contributed by atoms with Gasteiger partial charge in [-0.25, -0.2) is 0 Å². The van der Waals surface area contributed by atoms with E-state index < -0.39 is 0 Å². The summed E-state index contributed by atoms with van der Waals surface area (Å²) in [5.41, 5.74) is 2.37. The minimum Gasteiger partial charge on any atom is -0.299 e. The van der Waals surface area contributed by atoms with E-state index in [0.29, 0.717) is 12.2 Å². The van der Waals surface area contributed by atoms with Crippen LogP contribution < -0.4 is 0 Å². The van der Waals surface area contributed by atoms with Crippen molar-refractivity contribution in [2.45, 2.75) is 53.4 Å². The second-order valence-corrected chi connectivity index (χ2v) is 4.79. The highest BCUT2D eigenvalue weighted by Gasteiger charge is 2.23. The highest BCUT2D eigenvalue weighted by atomic mass is 16.1. The van der Waals surface area contributed by atoms with Gasteiger partial charge in [0.15, 0.2) is 0 Å². The molecule has 1 nitrogen and oxygen atoms in total. The summed E-state index contributed by atoms with van der Waals surface area (Å²) >= 11 is 0. The SMILES string of the molecule is C=C(C)C[C@H](c1ccccc1)C(C)C(=O)CC.CC. The zero-order chi connectivity index (χ0) is 14.8. The molecule has 0 amide bonds. The van der Waals surface area contributed by atoms with E-state index >= 15 is 0 Å². The van der Waals surface area contributed by atoms with E-state index in [9.17, 15) is 4.79 Å².